The van der Waals surface area contributed by atoms with Crippen molar-refractivity contribution in [3.63, 3.8) is 0 Å². The van der Waals surface area contributed by atoms with Crippen molar-refractivity contribution in [2.75, 3.05) is 4.90 Å². The average molecular weight is 670 g/mol. The fourth-order valence-electron chi connectivity index (χ4n) is 7.66. The van der Waals surface area contributed by atoms with Gasteiger partial charge in [-0.15, -0.1) is 0 Å². The van der Waals surface area contributed by atoms with Gasteiger partial charge in [0.05, 0.1) is 0 Å². The zero-order valence-corrected chi connectivity index (χ0v) is 28.7. The van der Waals surface area contributed by atoms with E-state index in [4.69, 9.17) is 0 Å². The van der Waals surface area contributed by atoms with E-state index in [2.05, 4.69) is 181 Å². The predicted molar refractivity (Wildman–Crippen MR) is 217 cm³/mol. The number of benzene rings is 7. The largest absolute Gasteiger partial charge is 0.311 e. The van der Waals surface area contributed by atoms with Crippen LogP contribution < -0.4 is 4.90 Å². The van der Waals surface area contributed by atoms with Gasteiger partial charge in [-0.1, -0.05) is 146 Å². The van der Waals surface area contributed by atoms with Crippen LogP contribution in [0.15, 0.2) is 206 Å². The van der Waals surface area contributed by atoms with Gasteiger partial charge in [0.15, 0.2) is 0 Å². The van der Waals surface area contributed by atoms with Gasteiger partial charge in [0, 0.05) is 23.0 Å². The minimum absolute atomic E-state index is 0.250. The van der Waals surface area contributed by atoms with Crippen molar-refractivity contribution in [3.05, 3.63) is 223 Å². The summed E-state index contributed by atoms with van der Waals surface area (Å²) in [4.78, 5) is 2.19. The zero-order chi connectivity index (χ0) is 34.9. The summed E-state index contributed by atoms with van der Waals surface area (Å²) < 4.78 is 14.1. The molecule has 1 unspecified atom stereocenters. The van der Waals surface area contributed by atoms with Crippen molar-refractivity contribution in [2.24, 2.45) is 5.92 Å². The third-order valence-electron chi connectivity index (χ3n) is 10.3. The Morgan fingerprint density at radius 3 is 1.79 bits per heavy atom. The molecule has 0 saturated carbocycles. The lowest BCUT2D eigenvalue weighted by molar-refractivity contribution is 0.628. The summed E-state index contributed by atoms with van der Waals surface area (Å²) in [5.41, 5.74) is 14.2. The number of nitrogens with zero attached hydrogens (tertiary/aromatic N) is 1. The summed E-state index contributed by atoms with van der Waals surface area (Å²) in [5, 5.41) is 2.45. The minimum atomic E-state index is -0.250. The summed E-state index contributed by atoms with van der Waals surface area (Å²) in [7, 11) is 0. The number of halogens is 1. The van der Waals surface area contributed by atoms with E-state index in [-0.39, 0.29) is 5.82 Å². The van der Waals surface area contributed by atoms with E-state index < -0.39 is 0 Å². The maximum absolute atomic E-state index is 14.1. The van der Waals surface area contributed by atoms with Gasteiger partial charge in [-0.05, 0) is 122 Å². The topological polar surface area (TPSA) is 3.24 Å². The molecule has 0 amide bonds. The Bertz CT molecular complexity index is 2500. The molecule has 1 atom stereocenters. The Kier molecular flexibility index (Phi) is 8.27. The summed E-state index contributed by atoms with van der Waals surface area (Å²) in [6.07, 6.45) is 12.3. The van der Waals surface area contributed by atoms with Gasteiger partial charge in [0.2, 0.25) is 0 Å². The molecule has 0 aromatic heterocycles. The standard InChI is InChI=1S/C50H36FN/c51-43-23-29-46(30-24-43)52(44-25-17-35(18-26-44)39-21-31-49-41(33-39)13-7-15-47(49)37-9-3-1-4-10-37)45-27-19-36(20-28-45)40-22-32-50-42(34-40)14-8-16-48(50)38-11-5-2-6-12-38/h1-33,42H,34H2. The number of hydrogen-bond acceptors (Lipinski definition) is 1. The molecule has 7 aromatic carbocycles. The van der Waals surface area contributed by atoms with Gasteiger partial charge in [-0.2, -0.15) is 0 Å². The van der Waals surface area contributed by atoms with Crippen molar-refractivity contribution < 1.29 is 4.39 Å². The number of rotatable bonds is 7. The Balaban J connectivity index is 1.01. The Morgan fingerprint density at radius 1 is 0.481 bits per heavy atom. The lowest BCUT2D eigenvalue weighted by atomic mass is 9.77. The highest BCUT2D eigenvalue weighted by atomic mass is 19.1. The highest BCUT2D eigenvalue weighted by Crippen LogP contribution is 2.42. The molecule has 248 valence electrons. The monoisotopic (exact) mass is 669 g/mol. The quantitative estimate of drug-likeness (QED) is 0.163. The van der Waals surface area contributed by atoms with Gasteiger partial charge in [-0.25, -0.2) is 4.39 Å². The van der Waals surface area contributed by atoms with E-state index >= 15 is 0 Å². The zero-order valence-electron chi connectivity index (χ0n) is 28.7. The lowest BCUT2D eigenvalue weighted by Gasteiger charge is -2.28. The fraction of sp³-hybridized carbons (Fsp3) is 0.0400. The number of anilines is 3. The van der Waals surface area contributed by atoms with E-state index in [1.165, 1.54) is 67.4 Å². The Morgan fingerprint density at radius 2 is 1.10 bits per heavy atom. The summed E-state index contributed by atoms with van der Waals surface area (Å²) in [6, 6.07) is 58.6. The molecule has 0 heterocycles. The lowest BCUT2D eigenvalue weighted by Crippen LogP contribution is -2.11. The van der Waals surface area contributed by atoms with Crippen LogP contribution in [0.1, 0.15) is 17.5 Å². The van der Waals surface area contributed by atoms with Crippen LogP contribution in [0.25, 0.3) is 44.2 Å². The highest BCUT2D eigenvalue weighted by Gasteiger charge is 2.24. The summed E-state index contributed by atoms with van der Waals surface area (Å²) in [6.45, 7) is 0. The van der Waals surface area contributed by atoms with E-state index in [1.807, 2.05) is 12.1 Å². The average Bonchev–Trinajstić information content (AvgIpc) is 3.22. The van der Waals surface area contributed by atoms with E-state index in [9.17, 15) is 4.39 Å². The fourth-order valence-corrected chi connectivity index (χ4v) is 7.66. The molecular formula is C50H36FN. The maximum atomic E-state index is 14.1. The van der Waals surface area contributed by atoms with Crippen molar-refractivity contribution in [1.29, 1.82) is 0 Å². The second-order valence-electron chi connectivity index (χ2n) is 13.5. The molecule has 9 rings (SSSR count). The molecule has 0 aliphatic heterocycles. The second-order valence-corrected chi connectivity index (χ2v) is 13.5. The highest BCUT2D eigenvalue weighted by molar-refractivity contribution is 5.99. The number of fused-ring (bicyclic) bond motifs is 2. The summed E-state index contributed by atoms with van der Waals surface area (Å²) >= 11 is 0. The van der Waals surface area contributed by atoms with Crippen LogP contribution >= 0.6 is 0 Å². The molecule has 52 heavy (non-hydrogen) atoms. The Hall–Kier alpha value is -6.51. The molecule has 0 radical (unpaired) electrons. The first kappa shape index (κ1) is 31.5. The van der Waals surface area contributed by atoms with Crippen LogP contribution in [0.5, 0.6) is 0 Å². The maximum Gasteiger partial charge on any atom is 0.123 e. The first-order valence-electron chi connectivity index (χ1n) is 17.9. The second kappa shape index (κ2) is 13.7. The van der Waals surface area contributed by atoms with Crippen molar-refractivity contribution in [3.8, 4) is 22.3 Å². The van der Waals surface area contributed by atoms with Crippen molar-refractivity contribution in [2.45, 2.75) is 6.42 Å². The van der Waals surface area contributed by atoms with Crippen molar-refractivity contribution in [1.82, 2.24) is 0 Å². The Labute approximate surface area is 304 Å². The third kappa shape index (κ3) is 6.10. The summed E-state index contributed by atoms with van der Waals surface area (Å²) in [5.74, 6) is 0.0995. The van der Waals surface area contributed by atoms with Gasteiger partial charge >= 0.3 is 0 Å². The third-order valence-corrected chi connectivity index (χ3v) is 10.3. The van der Waals surface area contributed by atoms with Gasteiger partial charge in [0.25, 0.3) is 0 Å². The molecule has 2 aliphatic rings. The van der Waals surface area contributed by atoms with Crippen molar-refractivity contribution >= 4 is 39.0 Å². The SMILES string of the molecule is Fc1ccc(N(c2ccc(C3=CC=C4C(c5ccccc5)=CC=CC4C3)cc2)c2ccc(-c3ccc4c(-c5ccccc5)cccc4c3)cc2)cc1. The van der Waals surface area contributed by atoms with Crippen LogP contribution in [0.3, 0.4) is 0 Å². The smallest absolute Gasteiger partial charge is 0.123 e. The van der Waals surface area contributed by atoms with E-state index in [1.54, 1.807) is 0 Å². The van der Waals surface area contributed by atoms with Gasteiger partial charge in [0.1, 0.15) is 5.82 Å². The molecule has 0 bridgehead atoms. The molecule has 2 aliphatic carbocycles. The molecule has 1 nitrogen and oxygen atoms in total. The first-order valence-corrected chi connectivity index (χ1v) is 17.9. The van der Waals surface area contributed by atoms with Crippen LogP contribution in [-0.2, 0) is 0 Å². The number of hydrogen-bond donors (Lipinski definition) is 0. The van der Waals surface area contributed by atoms with Crippen LogP contribution in [0, 0.1) is 11.7 Å². The van der Waals surface area contributed by atoms with Crippen LogP contribution in [-0.4, -0.2) is 0 Å². The molecule has 2 heteroatoms. The number of allylic oxidation sites excluding steroid dienone is 8. The first-order chi connectivity index (χ1) is 25.7. The molecule has 7 aromatic rings. The van der Waals surface area contributed by atoms with Crippen LogP contribution in [0.4, 0.5) is 21.5 Å². The molecule has 0 N–H and O–H groups in total. The minimum Gasteiger partial charge on any atom is -0.311 e. The van der Waals surface area contributed by atoms with Crippen LogP contribution in [0.2, 0.25) is 0 Å². The molecular weight excluding hydrogens is 634 g/mol. The predicted octanol–water partition coefficient (Wildman–Crippen LogP) is 13.8. The van der Waals surface area contributed by atoms with E-state index in [0.717, 1.165) is 29.0 Å². The van der Waals surface area contributed by atoms with Gasteiger partial charge in [-0.3, -0.25) is 0 Å². The normalized spacial score (nSPS) is 15.0. The van der Waals surface area contributed by atoms with Gasteiger partial charge < -0.3 is 4.90 Å². The molecule has 0 spiro atoms. The molecule has 0 saturated heterocycles. The van der Waals surface area contributed by atoms with E-state index in [0.29, 0.717) is 5.92 Å². The molecule has 0 fully saturated rings.